The third-order valence-electron chi connectivity index (χ3n) is 5.24. The van der Waals surface area contributed by atoms with Crippen LogP contribution in [0.3, 0.4) is 0 Å². The zero-order chi connectivity index (χ0) is 23.1. The van der Waals surface area contributed by atoms with Crippen LogP contribution in [0.15, 0.2) is 71.5 Å². The van der Waals surface area contributed by atoms with Crippen LogP contribution < -0.4 is 16.0 Å². The Hall–Kier alpha value is -3.81. The highest BCUT2D eigenvalue weighted by Crippen LogP contribution is 2.33. The standard InChI is InChI=1S/C24H16Cl2N4O3/c25-14-9-10-15(16(26)11-14)21-20(22(27)31)23-28-17-7-4-8-18(19(17)24(32)30(23)29-21)33-12-13-5-2-1-3-6-13/h1-11,29H,12H2,(H2,27,31). The van der Waals surface area contributed by atoms with Crippen molar-refractivity contribution in [3.8, 4) is 17.0 Å². The molecule has 5 aromatic rings. The fourth-order valence-corrected chi connectivity index (χ4v) is 4.23. The van der Waals surface area contributed by atoms with E-state index in [4.69, 9.17) is 33.7 Å². The second kappa shape index (κ2) is 8.27. The summed E-state index contributed by atoms with van der Waals surface area (Å²) < 4.78 is 7.12. The number of H-pyrrole nitrogens is 1. The van der Waals surface area contributed by atoms with Crippen molar-refractivity contribution >= 4 is 45.7 Å². The van der Waals surface area contributed by atoms with E-state index in [2.05, 4.69) is 10.1 Å². The van der Waals surface area contributed by atoms with E-state index in [1.165, 1.54) is 10.6 Å². The van der Waals surface area contributed by atoms with Crippen molar-refractivity contribution in [2.75, 3.05) is 0 Å². The van der Waals surface area contributed by atoms with Crippen LogP contribution in [0, 0.1) is 0 Å². The SMILES string of the molecule is NC(=O)c1c(-c2ccc(Cl)cc2Cl)[nH]n2c(=O)c3c(OCc4ccccc4)cccc3nc12. The van der Waals surface area contributed by atoms with E-state index in [0.717, 1.165) is 5.56 Å². The second-order valence-electron chi connectivity index (χ2n) is 7.35. The normalized spacial score (nSPS) is 11.2. The number of nitrogens with one attached hydrogen (secondary N) is 1. The van der Waals surface area contributed by atoms with E-state index in [1.807, 2.05) is 30.3 Å². The molecule has 0 saturated carbocycles. The summed E-state index contributed by atoms with van der Waals surface area (Å²) in [5, 5.41) is 3.94. The van der Waals surface area contributed by atoms with Crippen molar-refractivity contribution < 1.29 is 9.53 Å². The molecule has 3 N–H and O–H groups in total. The molecule has 33 heavy (non-hydrogen) atoms. The highest BCUT2D eigenvalue weighted by molar-refractivity contribution is 6.36. The van der Waals surface area contributed by atoms with E-state index in [1.54, 1.807) is 30.3 Å². The zero-order valence-corrected chi connectivity index (χ0v) is 18.5. The summed E-state index contributed by atoms with van der Waals surface area (Å²) in [5.74, 6) is -0.373. The van der Waals surface area contributed by atoms with Crippen LogP contribution in [-0.2, 0) is 6.61 Å². The van der Waals surface area contributed by atoms with Crippen LogP contribution in [0.4, 0.5) is 0 Å². The molecule has 1 amide bonds. The van der Waals surface area contributed by atoms with Gasteiger partial charge in [-0.1, -0.05) is 59.6 Å². The predicted octanol–water partition coefficient (Wildman–Crippen LogP) is 4.83. The maximum Gasteiger partial charge on any atom is 0.284 e. The van der Waals surface area contributed by atoms with E-state index in [0.29, 0.717) is 26.9 Å². The lowest BCUT2D eigenvalue weighted by molar-refractivity contribution is 0.100. The van der Waals surface area contributed by atoms with Gasteiger partial charge in [-0.15, -0.1) is 0 Å². The molecule has 9 heteroatoms. The molecule has 0 saturated heterocycles. The highest BCUT2D eigenvalue weighted by Gasteiger charge is 2.24. The molecule has 0 spiro atoms. The number of aromatic amines is 1. The molecular weight excluding hydrogens is 463 g/mol. The van der Waals surface area contributed by atoms with Gasteiger partial charge in [-0.2, -0.15) is 4.52 Å². The number of primary amides is 1. The lowest BCUT2D eigenvalue weighted by Gasteiger charge is -2.09. The molecule has 0 aliphatic heterocycles. The lowest BCUT2D eigenvalue weighted by atomic mass is 10.1. The number of benzene rings is 3. The number of aromatic nitrogens is 3. The van der Waals surface area contributed by atoms with Crippen LogP contribution in [-0.4, -0.2) is 20.5 Å². The fourth-order valence-electron chi connectivity index (χ4n) is 3.73. The van der Waals surface area contributed by atoms with Crippen molar-refractivity contribution in [2.45, 2.75) is 6.61 Å². The molecule has 2 heterocycles. The van der Waals surface area contributed by atoms with Crippen LogP contribution in [0.5, 0.6) is 5.75 Å². The molecule has 5 rings (SSSR count). The Morgan fingerprint density at radius 3 is 2.58 bits per heavy atom. The summed E-state index contributed by atoms with van der Waals surface area (Å²) in [4.78, 5) is 30.4. The molecule has 2 aromatic heterocycles. The number of nitrogens with zero attached hydrogens (tertiary/aromatic N) is 2. The first-order valence-corrected chi connectivity index (χ1v) is 10.7. The summed E-state index contributed by atoms with van der Waals surface area (Å²) in [6, 6.07) is 19.5. The summed E-state index contributed by atoms with van der Waals surface area (Å²) in [6.45, 7) is 0.283. The van der Waals surface area contributed by atoms with Gasteiger partial charge in [-0.3, -0.25) is 14.7 Å². The van der Waals surface area contributed by atoms with Crippen molar-refractivity contribution in [3.05, 3.63) is 98.3 Å². The molecule has 164 valence electrons. The van der Waals surface area contributed by atoms with Gasteiger partial charge in [0.05, 0.1) is 16.2 Å². The zero-order valence-electron chi connectivity index (χ0n) is 17.0. The number of fused-ring (bicyclic) bond motifs is 2. The first kappa shape index (κ1) is 21.1. The molecule has 0 bridgehead atoms. The van der Waals surface area contributed by atoms with Crippen LogP contribution in [0.25, 0.3) is 27.8 Å². The van der Waals surface area contributed by atoms with Crippen molar-refractivity contribution in [3.63, 3.8) is 0 Å². The first-order chi connectivity index (χ1) is 15.9. The third kappa shape index (κ3) is 3.71. The molecule has 7 nitrogen and oxygen atoms in total. The Balaban J connectivity index is 1.72. The number of halogens is 2. The minimum atomic E-state index is -0.752. The Labute approximate surface area is 197 Å². The topological polar surface area (TPSA) is 102 Å². The number of hydrogen-bond acceptors (Lipinski definition) is 4. The average molecular weight is 479 g/mol. The molecule has 0 aliphatic carbocycles. The van der Waals surface area contributed by atoms with Gasteiger partial charge < -0.3 is 10.5 Å². The highest BCUT2D eigenvalue weighted by atomic mass is 35.5. The molecular formula is C24H16Cl2N4O3. The van der Waals surface area contributed by atoms with Gasteiger partial charge in [0.25, 0.3) is 11.5 Å². The number of carbonyl (C=O) groups excluding carboxylic acids is 1. The summed E-state index contributed by atoms with van der Waals surface area (Å²) in [5.41, 5.74) is 7.46. The largest absolute Gasteiger partial charge is 0.488 e. The quantitative estimate of drug-likeness (QED) is 0.377. The molecule has 0 unspecified atom stereocenters. The molecule has 3 aromatic carbocycles. The Bertz CT molecular complexity index is 1590. The minimum Gasteiger partial charge on any atom is -0.488 e. The maximum absolute atomic E-state index is 13.5. The maximum atomic E-state index is 13.5. The number of hydrogen-bond donors (Lipinski definition) is 2. The summed E-state index contributed by atoms with van der Waals surface area (Å²) in [7, 11) is 0. The molecule has 0 aliphatic rings. The Kier molecular flexibility index (Phi) is 5.28. The van der Waals surface area contributed by atoms with E-state index in [-0.39, 0.29) is 28.9 Å². The number of rotatable bonds is 5. The van der Waals surface area contributed by atoms with Crippen molar-refractivity contribution in [1.82, 2.24) is 14.6 Å². The van der Waals surface area contributed by atoms with Crippen molar-refractivity contribution in [1.29, 1.82) is 0 Å². The monoisotopic (exact) mass is 478 g/mol. The predicted molar refractivity (Wildman–Crippen MR) is 128 cm³/mol. The van der Waals surface area contributed by atoms with Gasteiger partial charge in [0, 0.05) is 10.6 Å². The molecule has 0 fully saturated rings. The molecule has 0 atom stereocenters. The van der Waals surface area contributed by atoms with Gasteiger partial charge >= 0.3 is 0 Å². The van der Waals surface area contributed by atoms with Crippen LogP contribution in [0.2, 0.25) is 10.0 Å². The van der Waals surface area contributed by atoms with Crippen LogP contribution in [0.1, 0.15) is 15.9 Å². The van der Waals surface area contributed by atoms with Gasteiger partial charge in [0.15, 0.2) is 5.65 Å². The van der Waals surface area contributed by atoms with E-state index < -0.39 is 11.5 Å². The third-order valence-corrected chi connectivity index (χ3v) is 5.79. The van der Waals surface area contributed by atoms with Crippen molar-refractivity contribution in [2.24, 2.45) is 5.73 Å². The van der Waals surface area contributed by atoms with Gasteiger partial charge in [-0.25, -0.2) is 4.98 Å². The Morgan fingerprint density at radius 2 is 1.85 bits per heavy atom. The van der Waals surface area contributed by atoms with Gasteiger partial charge in [0.1, 0.15) is 23.3 Å². The fraction of sp³-hybridized carbons (Fsp3) is 0.0417. The summed E-state index contributed by atoms with van der Waals surface area (Å²) >= 11 is 12.4. The second-order valence-corrected chi connectivity index (χ2v) is 8.19. The lowest BCUT2D eigenvalue weighted by Crippen LogP contribution is -2.18. The first-order valence-electron chi connectivity index (χ1n) is 9.93. The van der Waals surface area contributed by atoms with E-state index in [9.17, 15) is 9.59 Å². The Morgan fingerprint density at radius 1 is 1.06 bits per heavy atom. The summed E-state index contributed by atoms with van der Waals surface area (Å²) in [6.07, 6.45) is 0. The number of nitrogens with two attached hydrogens (primary N) is 1. The molecule has 0 radical (unpaired) electrons. The van der Waals surface area contributed by atoms with Gasteiger partial charge in [-0.05, 0) is 35.9 Å². The van der Waals surface area contributed by atoms with E-state index >= 15 is 0 Å². The van der Waals surface area contributed by atoms with Gasteiger partial charge in [0.2, 0.25) is 0 Å². The number of carbonyl (C=O) groups is 1. The smallest absolute Gasteiger partial charge is 0.284 e. The minimum absolute atomic E-state index is 0.0498. The van der Waals surface area contributed by atoms with Crippen LogP contribution >= 0.6 is 23.2 Å². The number of amides is 1. The number of ether oxygens (including phenoxy) is 1. The average Bonchev–Trinajstić information content (AvgIpc) is 3.18.